The second kappa shape index (κ2) is 7.50. The molecule has 4 nitrogen and oxygen atoms in total. The van der Waals surface area contributed by atoms with Crippen molar-refractivity contribution >= 4 is 5.71 Å². The normalized spacial score (nSPS) is 28.3. The van der Waals surface area contributed by atoms with E-state index in [-0.39, 0.29) is 17.0 Å². The Morgan fingerprint density at radius 2 is 1.72 bits per heavy atom. The molecular weight excluding hydrogens is 356 g/mol. The molecule has 1 unspecified atom stereocenters. The quantitative estimate of drug-likeness (QED) is 0.669. The molecule has 3 rings (SSSR count). The van der Waals surface area contributed by atoms with Gasteiger partial charge in [0.05, 0.1) is 23.9 Å². The van der Waals surface area contributed by atoms with Crippen LogP contribution in [-0.4, -0.2) is 5.71 Å². The second-order valence-corrected chi connectivity index (χ2v) is 9.41. The highest BCUT2D eigenvalue weighted by Gasteiger charge is 2.57. The zero-order chi connectivity index (χ0) is 21.4. The number of benzene rings is 1. The predicted octanol–water partition coefficient (Wildman–Crippen LogP) is 5.64. The minimum atomic E-state index is -1.61. The fourth-order valence-electron chi connectivity index (χ4n) is 5.00. The van der Waals surface area contributed by atoms with Crippen LogP contribution in [0.5, 0.6) is 0 Å². The van der Waals surface area contributed by atoms with E-state index in [9.17, 15) is 15.8 Å². The monoisotopic (exact) mass is 384 g/mol. The van der Waals surface area contributed by atoms with Crippen molar-refractivity contribution in [3.8, 4) is 18.2 Å². The molecule has 0 bridgehead atoms. The van der Waals surface area contributed by atoms with E-state index in [2.05, 4.69) is 64.1 Å². The third-order valence-corrected chi connectivity index (χ3v) is 6.81. The maximum atomic E-state index is 10.1. The molecule has 2 aliphatic carbocycles. The summed E-state index contributed by atoms with van der Waals surface area (Å²) in [6.45, 7) is 8.61. The van der Waals surface area contributed by atoms with E-state index in [4.69, 9.17) is 5.41 Å². The Bertz CT molecular complexity index is 943. The van der Waals surface area contributed by atoms with Crippen LogP contribution >= 0.6 is 0 Å². The van der Waals surface area contributed by atoms with Crippen LogP contribution in [0.3, 0.4) is 0 Å². The van der Waals surface area contributed by atoms with E-state index >= 15 is 0 Å². The fourth-order valence-corrected chi connectivity index (χ4v) is 5.00. The zero-order valence-corrected chi connectivity index (χ0v) is 17.7. The fraction of sp³-hybridized carbons (Fsp3) is 0.520. The number of nitrogens with zero attached hydrogens (tertiary/aromatic N) is 3. The highest BCUT2D eigenvalue weighted by atomic mass is 14.7. The van der Waals surface area contributed by atoms with Crippen LogP contribution in [0.25, 0.3) is 0 Å². The van der Waals surface area contributed by atoms with Crippen LogP contribution in [0, 0.1) is 62.6 Å². The van der Waals surface area contributed by atoms with Crippen molar-refractivity contribution in [2.45, 2.75) is 58.3 Å². The van der Waals surface area contributed by atoms with Gasteiger partial charge < -0.3 is 5.41 Å². The van der Waals surface area contributed by atoms with Gasteiger partial charge >= 0.3 is 0 Å². The Labute approximate surface area is 174 Å². The Hall–Kier alpha value is -2.90. The molecule has 2 aliphatic rings. The predicted molar refractivity (Wildman–Crippen MR) is 113 cm³/mol. The number of rotatable bonds is 2. The molecular formula is C25H28N4. The third kappa shape index (κ3) is 3.26. The smallest absolute Gasteiger partial charge is 0.189 e. The molecule has 0 radical (unpaired) electrons. The van der Waals surface area contributed by atoms with Crippen LogP contribution in [-0.2, 0) is 5.41 Å². The van der Waals surface area contributed by atoms with E-state index < -0.39 is 17.3 Å². The maximum Gasteiger partial charge on any atom is 0.189 e. The molecule has 1 N–H and O–H groups in total. The van der Waals surface area contributed by atoms with E-state index in [0.717, 1.165) is 30.4 Å². The first-order valence-electron chi connectivity index (χ1n) is 10.3. The number of hydrogen-bond donors (Lipinski definition) is 1. The summed E-state index contributed by atoms with van der Waals surface area (Å²) >= 11 is 0. The lowest BCUT2D eigenvalue weighted by atomic mass is 9.52. The molecule has 1 aromatic rings. The van der Waals surface area contributed by atoms with Crippen LogP contribution < -0.4 is 0 Å². The summed E-state index contributed by atoms with van der Waals surface area (Å²) in [7, 11) is 0. The van der Waals surface area contributed by atoms with Crippen molar-refractivity contribution in [3.63, 3.8) is 0 Å². The molecule has 0 aliphatic heterocycles. The number of hydrogen-bond acceptors (Lipinski definition) is 4. The van der Waals surface area contributed by atoms with Crippen molar-refractivity contribution in [3.05, 3.63) is 47.0 Å². The lowest BCUT2D eigenvalue weighted by Gasteiger charge is -2.47. The topological polar surface area (TPSA) is 95.2 Å². The van der Waals surface area contributed by atoms with Gasteiger partial charge in [-0.15, -0.1) is 0 Å². The maximum absolute atomic E-state index is 10.1. The largest absolute Gasteiger partial charge is 0.305 e. The Balaban J connectivity index is 2.20. The zero-order valence-electron chi connectivity index (χ0n) is 17.7. The minimum absolute atomic E-state index is 0.00839. The van der Waals surface area contributed by atoms with E-state index in [1.807, 2.05) is 12.1 Å². The summed E-state index contributed by atoms with van der Waals surface area (Å²) in [5.41, 5.74) is 1.37. The van der Waals surface area contributed by atoms with Gasteiger partial charge in [-0.25, -0.2) is 0 Å². The van der Waals surface area contributed by atoms with Crippen molar-refractivity contribution < 1.29 is 0 Å². The molecule has 0 heterocycles. The summed E-state index contributed by atoms with van der Waals surface area (Å²) < 4.78 is 0. The van der Waals surface area contributed by atoms with Gasteiger partial charge in [0.25, 0.3) is 0 Å². The first-order chi connectivity index (χ1) is 13.7. The summed E-state index contributed by atoms with van der Waals surface area (Å²) in [5, 5.41) is 38.7. The average Bonchev–Trinajstić information content (AvgIpc) is 2.72. The molecule has 1 fully saturated rings. The Morgan fingerprint density at radius 1 is 1.10 bits per heavy atom. The molecule has 0 aromatic heterocycles. The van der Waals surface area contributed by atoms with Gasteiger partial charge in [-0.05, 0) is 46.8 Å². The van der Waals surface area contributed by atoms with Crippen LogP contribution in [0.1, 0.15) is 64.0 Å². The SMILES string of the molecule is CC[C@H]1CC=C2C(C#N)C(=N)C(C#N)(C#N)[C@H](c3ccc(C(C)(C)C)cc3)[C@H]2C1. The van der Waals surface area contributed by atoms with Gasteiger partial charge in [0.2, 0.25) is 0 Å². The van der Waals surface area contributed by atoms with Crippen molar-refractivity contribution in [2.75, 3.05) is 0 Å². The molecule has 0 spiro atoms. The van der Waals surface area contributed by atoms with Gasteiger partial charge in [0, 0.05) is 5.92 Å². The van der Waals surface area contributed by atoms with E-state index in [1.165, 1.54) is 5.56 Å². The number of allylic oxidation sites excluding steroid dienone is 2. The summed E-state index contributed by atoms with van der Waals surface area (Å²) in [6, 6.07) is 14.7. The third-order valence-electron chi connectivity index (χ3n) is 6.81. The lowest BCUT2D eigenvalue weighted by Crippen LogP contribution is -2.49. The highest BCUT2D eigenvalue weighted by molar-refractivity contribution is 6.00. The number of fused-ring (bicyclic) bond motifs is 1. The molecule has 29 heavy (non-hydrogen) atoms. The molecule has 4 heteroatoms. The number of nitriles is 3. The molecule has 1 saturated carbocycles. The second-order valence-electron chi connectivity index (χ2n) is 9.41. The van der Waals surface area contributed by atoms with Gasteiger partial charge in [-0.3, -0.25) is 0 Å². The van der Waals surface area contributed by atoms with Crippen LogP contribution in [0.2, 0.25) is 0 Å². The minimum Gasteiger partial charge on any atom is -0.305 e. The van der Waals surface area contributed by atoms with E-state index in [1.54, 1.807) is 0 Å². The summed E-state index contributed by atoms with van der Waals surface area (Å²) in [5.74, 6) is -0.791. The highest BCUT2D eigenvalue weighted by Crippen LogP contribution is 2.56. The van der Waals surface area contributed by atoms with Gasteiger partial charge in [-0.1, -0.05) is 64.5 Å². The van der Waals surface area contributed by atoms with Crippen LogP contribution in [0.4, 0.5) is 0 Å². The van der Waals surface area contributed by atoms with Gasteiger partial charge in [0.1, 0.15) is 5.92 Å². The molecule has 0 saturated heterocycles. The molecule has 148 valence electrons. The first-order valence-corrected chi connectivity index (χ1v) is 10.3. The molecule has 4 atom stereocenters. The summed E-state index contributed by atoms with van der Waals surface area (Å²) in [4.78, 5) is 0. The van der Waals surface area contributed by atoms with Crippen molar-refractivity contribution in [2.24, 2.45) is 23.2 Å². The standard InChI is InChI=1S/C25H28N4/c1-5-16-6-11-19-20(12-16)22(17-7-9-18(10-8-17)24(2,3)4)25(14-27,15-28)23(29)21(19)13-26/h7-11,16,20-22,29H,5-6,12H2,1-4H3/t16-,20-,21?,22+/m0/s1. The van der Waals surface area contributed by atoms with E-state index in [0.29, 0.717) is 5.92 Å². The van der Waals surface area contributed by atoms with Crippen LogP contribution in [0.15, 0.2) is 35.9 Å². The van der Waals surface area contributed by atoms with Gasteiger partial charge in [-0.2, -0.15) is 15.8 Å². The van der Waals surface area contributed by atoms with Gasteiger partial charge in [0.15, 0.2) is 5.41 Å². The van der Waals surface area contributed by atoms with Crippen molar-refractivity contribution in [1.29, 1.82) is 21.2 Å². The molecule has 0 amide bonds. The summed E-state index contributed by atoms with van der Waals surface area (Å²) in [6.07, 6.45) is 4.89. The Kier molecular flexibility index (Phi) is 5.38. The Morgan fingerprint density at radius 3 is 2.21 bits per heavy atom. The average molecular weight is 385 g/mol. The number of nitrogens with one attached hydrogen (secondary N) is 1. The first kappa shape index (κ1) is 20.8. The lowest BCUT2D eigenvalue weighted by molar-refractivity contribution is 0.270. The molecule has 1 aromatic carbocycles. The van der Waals surface area contributed by atoms with Crippen molar-refractivity contribution in [1.82, 2.24) is 0 Å².